The second kappa shape index (κ2) is 12.4. The Bertz CT molecular complexity index is 300. The smallest absolute Gasteiger partial charge is 0.344 e. The summed E-state index contributed by atoms with van der Waals surface area (Å²) < 4.78 is 14.2. The average molecular weight is 288 g/mol. The van der Waals surface area contributed by atoms with Crippen LogP contribution in [0.1, 0.15) is 52.4 Å². The highest BCUT2D eigenvalue weighted by Crippen LogP contribution is 2.07. The van der Waals surface area contributed by atoms with Crippen LogP contribution in [0.2, 0.25) is 0 Å². The molecule has 6 heteroatoms. The van der Waals surface area contributed by atoms with E-state index in [4.69, 9.17) is 9.47 Å². The average Bonchev–Trinajstić information content (AvgIpc) is 2.41. The van der Waals surface area contributed by atoms with Crippen LogP contribution in [-0.4, -0.2) is 37.7 Å². The highest BCUT2D eigenvalue weighted by atomic mass is 16.6. The van der Waals surface area contributed by atoms with Crippen molar-refractivity contribution < 1.29 is 28.6 Å². The van der Waals surface area contributed by atoms with E-state index in [0.717, 1.165) is 19.3 Å². The van der Waals surface area contributed by atoms with Crippen molar-refractivity contribution in [3.05, 3.63) is 0 Å². The third-order valence-corrected chi connectivity index (χ3v) is 2.47. The summed E-state index contributed by atoms with van der Waals surface area (Å²) in [5.41, 5.74) is 0. The van der Waals surface area contributed by atoms with Gasteiger partial charge in [0.2, 0.25) is 0 Å². The van der Waals surface area contributed by atoms with Crippen molar-refractivity contribution >= 4 is 17.9 Å². The van der Waals surface area contributed by atoms with Crippen molar-refractivity contribution in [1.29, 1.82) is 0 Å². The number of hydrogen-bond acceptors (Lipinski definition) is 6. The molecule has 0 aromatic heterocycles. The minimum absolute atomic E-state index is 0.179. The molecule has 0 aliphatic heterocycles. The van der Waals surface area contributed by atoms with Crippen LogP contribution in [-0.2, 0) is 28.6 Å². The summed E-state index contributed by atoms with van der Waals surface area (Å²) in [5, 5.41) is 0. The number of esters is 3. The van der Waals surface area contributed by atoms with Gasteiger partial charge >= 0.3 is 17.9 Å². The van der Waals surface area contributed by atoms with Crippen molar-refractivity contribution in [2.45, 2.75) is 52.4 Å². The Morgan fingerprint density at radius 2 is 1.10 bits per heavy atom. The monoisotopic (exact) mass is 288 g/mol. The molecule has 0 atom stereocenters. The van der Waals surface area contributed by atoms with Crippen molar-refractivity contribution in [3.63, 3.8) is 0 Å². The van der Waals surface area contributed by atoms with Crippen molar-refractivity contribution in [3.8, 4) is 0 Å². The van der Waals surface area contributed by atoms with Crippen LogP contribution < -0.4 is 0 Å². The topological polar surface area (TPSA) is 78.9 Å². The quantitative estimate of drug-likeness (QED) is 0.329. The van der Waals surface area contributed by atoms with Crippen LogP contribution in [0, 0.1) is 0 Å². The van der Waals surface area contributed by atoms with Crippen LogP contribution in [0.4, 0.5) is 0 Å². The first-order valence-electron chi connectivity index (χ1n) is 7.07. The van der Waals surface area contributed by atoms with Gasteiger partial charge in [-0.3, -0.25) is 9.59 Å². The molecule has 0 N–H and O–H groups in total. The summed E-state index contributed by atoms with van der Waals surface area (Å²) in [5.74, 6) is -1.11. The van der Waals surface area contributed by atoms with E-state index >= 15 is 0 Å². The van der Waals surface area contributed by atoms with Gasteiger partial charge in [0.1, 0.15) is 0 Å². The molecule has 0 spiro atoms. The normalized spacial score (nSPS) is 9.90. The fourth-order valence-electron chi connectivity index (χ4n) is 1.54. The van der Waals surface area contributed by atoms with Gasteiger partial charge in [0.15, 0.2) is 6.61 Å². The molecule has 116 valence electrons. The predicted molar refractivity (Wildman–Crippen MR) is 71.9 cm³/mol. The third kappa shape index (κ3) is 11.5. The molecule has 0 saturated heterocycles. The fourth-order valence-corrected chi connectivity index (χ4v) is 1.54. The Labute approximate surface area is 119 Å². The Balaban J connectivity index is 3.39. The highest BCUT2D eigenvalue weighted by molar-refractivity contribution is 5.76. The van der Waals surface area contributed by atoms with Gasteiger partial charge in [-0.1, -0.05) is 12.8 Å². The zero-order valence-electron chi connectivity index (χ0n) is 12.3. The summed E-state index contributed by atoms with van der Waals surface area (Å²) in [6.07, 6.45) is 3.85. The molecule has 0 amide bonds. The standard InChI is InChI=1S/C14H24O6/c1-3-18-12(15)9-7-5-6-8-10-13(16)20-11-14(17)19-4-2/h3-11H2,1-2H3. The summed E-state index contributed by atoms with van der Waals surface area (Å²) in [7, 11) is 0. The molecule has 0 aromatic rings. The SMILES string of the molecule is CCOC(=O)CCCCCCC(=O)OCC(=O)OCC. The second-order valence-corrected chi connectivity index (χ2v) is 4.18. The maximum atomic E-state index is 11.3. The molecule has 0 aliphatic carbocycles. The van der Waals surface area contributed by atoms with Gasteiger partial charge in [-0.05, 0) is 26.7 Å². The Kier molecular flexibility index (Phi) is 11.5. The lowest BCUT2D eigenvalue weighted by atomic mass is 10.1. The fraction of sp³-hybridized carbons (Fsp3) is 0.786. The number of unbranched alkanes of at least 4 members (excludes halogenated alkanes) is 3. The van der Waals surface area contributed by atoms with Gasteiger partial charge in [0, 0.05) is 12.8 Å². The van der Waals surface area contributed by atoms with Crippen molar-refractivity contribution in [1.82, 2.24) is 0 Å². The molecular weight excluding hydrogens is 264 g/mol. The Morgan fingerprint density at radius 3 is 1.60 bits per heavy atom. The second-order valence-electron chi connectivity index (χ2n) is 4.18. The number of carbonyl (C=O) groups excluding carboxylic acids is 3. The summed E-state index contributed by atoms with van der Waals surface area (Å²) in [4.78, 5) is 33.3. The molecule has 0 radical (unpaired) electrons. The molecule has 0 rings (SSSR count). The molecule has 6 nitrogen and oxygen atoms in total. The molecule has 0 aromatic carbocycles. The van der Waals surface area contributed by atoms with Crippen LogP contribution >= 0.6 is 0 Å². The molecular formula is C14H24O6. The lowest BCUT2D eigenvalue weighted by Gasteiger charge is -2.04. The molecule has 0 saturated carbocycles. The van der Waals surface area contributed by atoms with Gasteiger partial charge in [0.25, 0.3) is 0 Å². The minimum Gasteiger partial charge on any atom is -0.466 e. The van der Waals surface area contributed by atoms with Crippen LogP contribution in [0.25, 0.3) is 0 Å². The zero-order chi connectivity index (χ0) is 15.2. The molecule has 0 unspecified atom stereocenters. The Morgan fingerprint density at radius 1 is 0.650 bits per heavy atom. The minimum atomic E-state index is -0.532. The van der Waals surface area contributed by atoms with E-state index in [9.17, 15) is 14.4 Å². The maximum absolute atomic E-state index is 11.3. The van der Waals surface area contributed by atoms with Crippen LogP contribution in [0.3, 0.4) is 0 Å². The van der Waals surface area contributed by atoms with Gasteiger partial charge in [-0.2, -0.15) is 0 Å². The number of ether oxygens (including phenoxy) is 3. The third-order valence-electron chi connectivity index (χ3n) is 2.47. The summed E-state index contributed by atoms with van der Waals surface area (Å²) in [6, 6.07) is 0. The maximum Gasteiger partial charge on any atom is 0.344 e. The summed E-state index contributed by atoms with van der Waals surface area (Å²) in [6.45, 7) is 3.83. The first-order chi connectivity index (χ1) is 9.60. The number of hydrogen-bond donors (Lipinski definition) is 0. The van der Waals surface area contributed by atoms with Gasteiger partial charge in [-0.25, -0.2) is 4.79 Å². The largest absolute Gasteiger partial charge is 0.466 e. The lowest BCUT2D eigenvalue weighted by molar-refractivity contribution is -0.158. The first-order valence-corrected chi connectivity index (χ1v) is 7.07. The van der Waals surface area contributed by atoms with E-state index in [-0.39, 0.29) is 25.6 Å². The van der Waals surface area contributed by atoms with E-state index in [2.05, 4.69) is 4.74 Å². The van der Waals surface area contributed by atoms with E-state index in [1.54, 1.807) is 13.8 Å². The number of carbonyl (C=O) groups is 3. The molecule has 0 bridgehead atoms. The Hall–Kier alpha value is -1.59. The first kappa shape index (κ1) is 18.4. The zero-order valence-corrected chi connectivity index (χ0v) is 12.3. The van der Waals surface area contributed by atoms with E-state index in [0.29, 0.717) is 19.4 Å². The van der Waals surface area contributed by atoms with E-state index < -0.39 is 11.9 Å². The highest BCUT2D eigenvalue weighted by Gasteiger charge is 2.07. The van der Waals surface area contributed by atoms with Crippen molar-refractivity contribution in [2.24, 2.45) is 0 Å². The molecule has 20 heavy (non-hydrogen) atoms. The number of rotatable bonds is 11. The summed E-state index contributed by atoms with van der Waals surface area (Å²) >= 11 is 0. The van der Waals surface area contributed by atoms with Gasteiger partial charge in [-0.15, -0.1) is 0 Å². The van der Waals surface area contributed by atoms with Crippen LogP contribution in [0.15, 0.2) is 0 Å². The van der Waals surface area contributed by atoms with E-state index in [1.165, 1.54) is 0 Å². The van der Waals surface area contributed by atoms with Gasteiger partial charge < -0.3 is 14.2 Å². The van der Waals surface area contributed by atoms with Crippen molar-refractivity contribution in [2.75, 3.05) is 19.8 Å². The molecule has 0 heterocycles. The lowest BCUT2D eigenvalue weighted by Crippen LogP contribution is -2.16. The molecule has 0 aliphatic rings. The predicted octanol–water partition coefficient (Wildman–Crippen LogP) is 2.00. The van der Waals surface area contributed by atoms with Crippen LogP contribution in [0.5, 0.6) is 0 Å². The van der Waals surface area contributed by atoms with Gasteiger partial charge in [0.05, 0.1) is 13.2 Å². The van der Waals surface area contributed by atoms with E-state index in [1.807, 2.05) is 0 Å². The molecule has 0 fully saturated rings.